The van der Waals surface area contributed by atoms with Crippen molar-refractivity contribution in [3.8, 4) is 11.3 Å². The molecule has 3 aromatic heterocycles. The van der Waals surface area contributed by atoms with Crippen molar-refractivity contribution in [1.82, 2.24) is 29.8 Å². The van der Waals surface area contributed by atoms with Crippen LogP contribution in [0.3, 0.4) is 0 Å². The summed E-state index contributed by atoms with van der Waals surface area (Å²) in [6.45, 7) is 6.44. The van der Waals surface area contributed by atoms with Crippen molar-refractivity contribution in [2.24, 2.45) is 7.05 Å². The van der Waals surface area contributed by atoms with Crippen LogP contribution in [0.25, 0.3) is 11.3 Å². The Bertz CT molecular complexity index is 1000. The van der Waals surface area contributed by atoms with Gasteiger partial charge in [0.05, 0.1) is 34.9 Å². The molecule has 1 amide bonds. The van der Waals surface area contributed by atoms with Crippen molar-refractivity contribution in [1.29, 1.82) is 0 Å². The molecule has 8 heteroatoms. The van der Waals surface area contributed by atoms with Crippen molar-refractivity contribution in [3.05, 3.63) is 46.9 Å². The third kappa shape index (κ3) is 3.19. The van der Waals surface area contributed by atoms with Crippen molar-refractivity contribution >= 4 is 5.91 Å². The fraction of sp³-hybridized carbons (Fsp3) is 0.450. The first-order chi connectivity index (χ1) is 13.5. The highest BCUT2D eigenvalue weighted by molar-refractivity contribution is 5.92. The Morgan fingerprint density at radius 3 is 2.68 bits per heavy atom. The van der Waals surface area contributed by atoms with Crippen LogP contribution in [0.4, 0.5) is 0 Å². The van der Waals surface area contributed by atoms with Gasteiger partial charge in [-0.2, -0.15) is 5.10 Å². The highest BCUT2D eigenvalue weighted by atomic mass is 16.5. The van der Waals surface area contributed by atoms with E-state index in [1.165, 1.54) is 0 Å². The molecular weight excluding hydrogens is 356 g/mol. The predicted molar refractivity (Wildman–Crippen MR) is 103 cm³/mol. The molecule has 0 saturated carbocycles. The maximum atomic E-state index is 13.2. The Morgan fingerprint density at radius 2 is 2.00 bits per heavy atom. The van der Waals surface area contributed by atoms with E-state index in [-0.39, 0.29) is 11.9 Å². The molecule has 0 N–H and O–H groups in total. The molecule has 0 aromatic carbocycles. The molecule has 146 valence electrons. The highest BCUT2D eigenvalue weighted by Crippen LogP contribution is 2.38. The first-order valence-electron chi connectivity index (χ1n) is 9.52. The van der Waals surface area contributed by atoms with Gasteiger partial charge in [0, 0.05) is 31.5 Å². The topological polar surface area (TPSA) is 89.9 Å². The second-order valence-electron chi connectivity index (χ2n) is 7.38. The van der Waals surface area contributed by atoms with Gasteiger partial charge in [-0.15, -0.1) is 0 Å². The maximum absolute atomic E-state index is 13.2. The van der Waals surface area contributed by atoms with E-state index in [0.29, 0.717) is 18.0 Å². The van der Waals surface area contributed by atoms with E-state index < -0.39 is 0 Å². The zero-order chi connectivity index (χ0) is 19.8. The van der Waals surface area contributed by atoms with Gasteiger partial charge < -0.3 is 9.42 Å². The average molecular weight is 380 g/mol. The number of piperidine rings is 1. The summed E-state index contributed by atoms with van der Waals surface area (Å²) >= 11 is 0. The number of aromatic nitrogens is 5. The molecule has 1 unspecified atom stereocenters. The first kappa shape index (κ1) is 18.3. The number of hydrogen-bond acceptors (Lipinski definition) is 6. The molecule has 8 nitrogen and oxygen atoms in total. The Kier molecular flexibility index (Phi) is 4.70. The van der Waals surface area contributed by atoms with Gasteiger partial charge >= 0.3 is 0 Å². The molecule has 3 aromatic rings. The smallest absolute Gasteiger partial charge is 0.274 e. The zero-order valence-electron chi connectivity index (χ0n) is 16.6. The van der Waals surface area contributed by atoms with E-state index >= 15 is 0 Å². The van der Waals surface area contributed by atoms with Gasteiger partial charge in [0.2, 0.25) is 0 Å². The molecule has 1 aliphatic rings. The normalized spacial score (nSPS) is 17.1. The third-order valence-electron chi connectivity index (χ3n) is 5.34. The SMILES string of the molecule is Cc1cnc(C(=O)N2CCCCC2c2nn(C)cc2-c2onc(C)c2C)cn1. The molecule has 4 heterocycles. The summed E-state index contributed by atoms with van der Waals surface area (Å²) in [7, 11) is 1.88. The lowest BCUT2D eigenvalue weighted by Gasteiger charge is -2.35. The second-order valence-corrected chi connectivity index (χ2v) is 7.38. The van der Waals surface area contributed by atoms with E-state index in [0.717, 1.165) is 47.5 Å². The summed E-state index contributed by atoms with van der Waals surface area (Å²) < 4.78 is 7.36. The number of hydrogen-bond donors (Lipinski definition) is 0. The van der Waals surface area contributed by atoms with Crippen molar-refractivity contribution in [2.75, 3.05) is 6.54 Å². The summed E-state index contributed by atoms with van der Waals surface area (Å²) in [6.07, 6.45) is 7.96. The van der Waals surface area contributed by atoms with Gasteiger partial charge in [-0.25, -0.2) is 4.98 Å². The van der Waals surface area contributed by atoms with Crippen LogP contribution < -0.4 is 0 Å². The molecule has 1 aliphatic heterocycles. The number of carbonyl (C=O) groups is 1. The largest absolute Gasteiger partial charge is 0.356 e. The van der Waals surface area contributed by atoms with Gasteiger partial charge in [-0.05, 0) is 40.0 Å². The minimum atomic E-state index is -0.134. The van der Waals surface area contributed by atoms with Gasteiger partial charge in [-0.3, -0.25) is 14.5 Å². The average Bonchev–Trinajstić information content (AvgIpc) is 3.24. The molecule has 0 aliphatic carbocycles. The van der Waals surface area contributed by atoms with Crippen LogP contribution in [0.1, 0.15) is 58.4 Å². The van der Waals surface area contributed by atoms with E-state index in [2.05, 4.69) is 15.1 Å². The predicted octanol–water partition coefficient (Wildman–Crippen LogP) is 3.16. The number of amides is 1. The number of rotatable bonds is 3. The summed E-state index contributed by atoms with van der Waals surface area (Å²) in [5, 5.41) is 8.79. The Balaban J connectivity index is 1.74. The van der Waals surface area contributed by atoms with Crippen molar-refractivity contribution < 1.29 is 9.32 Å². The molecule has 0 radical (unpaired) electrons. The monoisotopic (exact) mass is 380 g/mol. The van der Waals surface area contributed by atoms with Crippen molar-refractivity contribution in [2.45, 2.75) is 46.1 Å². The fourth-order valence-corrected chi connectivity index (χ4v) is 3.70. The molecule has 1 fully saturated rings. The molecule has 1 saturated heterocycles. The molecule has 1 atom stereocenters. The lowest BCUT2D eigenvalue weighted by atomic mass is 9.95. The van der Waals surface area contributed by atoms with Crippen LogP contribution in [0.2, 0.25) is 0 Å². The first-order valence-corrected chi connectivity index (χ1v) is 9.52. The summed E-state index contributed by atoms with van der Waals surface area (Å²) in [5.74, 6) is 0.605. The quantitative estimate of drug-likeness (QED) is 0.693. The Morgan fingerprint density at radius 1 is 1.18 bits per heavy atom. The molecular formula is C20H24N6O2. The number of likely N-dealkylation sites (tertiary alicyclic amines) is 1. The van der Waals surface area contributed by atoms with E-state index in [4.69, 9.17) is 9.62 Å². The minimum Gasteiger partial charge on any atom is -0.356 e. The summed E-state index contributed by atoms with van der Waals surface area (Å²) in [6, 6.07) is -0.134. The lowest BCUT2D eigenvalue weighted by molar-refractivity contribution is 0.0599. The Hall–Kier alpha value is -3.03. The van der Waals surface area contributed by atoms with Gasteiger partial charge in [-0.1, -0.05) is 5.16 Å². The van der Waals surface area contributed by atoms with Crippen LogP contribution >= 0.6 is 0 Å². The number of aryl methyl sites for hydroxylation is 3. The van der Waals surface area contributed by atoms with E-state index in [1.54, 1.807) is 17.1 Å². The van der Waals surface area contributed by atoms with E-state index in [1.807, 2.05) is 38.9 Å². The third-order valence-corrected chi connectivity index (χ3v) is 5.34. The molecule has 0 spiro atoms. The second kappa shape index (κ2) is 7.18. The lowest BCUT2D eigenvalue weighted by Crippen LogP contribution is -2.39. The van der Waals surface area contributed by atoms with Gasteiger partial charge in [0.15, 0.2) is 5.76 Å². The maximum Gasteiger partial charge on any atom is 0.274 e. The molecule has 28 heavy (non-hydrogen) atoms. The van der Waals surface area contributed by atoms with Crippen LogP contribution in [0, 0.1) is 20.8 Å². The van der Waals surface area contributed by atoms with Crippen molar-refractivity contribution in [3.63, 3.8) is 0 Å². The van der Waals surface area contributed by atoms with Gasteiger partial charge in [0.1, 0.15) is 5.69 Å². The zero-order valence-corrected chi connectivity index (χ0v) is 16.6. The molecule has 0 bridgehead atoms. The van der Waals surface area contributed by atoms with Crippen LogP contribution in [0.5, 0.6) is 0 Å². The minimum absolute atomic E-state index is 0.112. The number of nitrogens with zero attached hydrogens (tertiary/aromatic N) is 6. The summed E-state index contributed by atoms with van der Waals surface area (Å²) in [4.78, 5) is 23.5. The van der Waals surface area contributed by atoms with E-state index in [9.17, 15) is 4.79 Å². The number of carbonyl (C=O) groups excluding carboxylic acids is 1. The van der Waals surface area contributed by atoms with Gasteiger partial charge in [0.25, 0.3) is 5.91 Å². The standard InChI is InChI=1S/C20H24N6O2/c1-12-9-22-16(10-21-12)20(27)26-8-6-5-7-17(26)18-15(11-25(4)23-18)19-13(2)14(3)24-28-19/h9-11,17H,5-8H2,1-4H3. The Labute approximate surface area is 163 Å². The van der Waals surface area contributed by atoms with Crippen LogP contribution in [-0.4, -0.2) is 42.3 Å². The molecule has 4 rings (SSSR count). The highest BCUT2D eigenvalue weighted by Gasteiger charge is 2.34. The summed E-state index contributed by atoms with van der Waals surface area (Å²) in [5.41, 5.74) is 4.73. The fourth-order valence-electron chi connectivity index (χ4n) is 3.70. The van der Waals surface area contributed by atoms with Crippen LogP contribution in [0.15, 0.2) is 23.1 Å². The van der Waals surface area contributed by atoms with Crippen LogP contribution in [-0.2, 0) is 7.05 Å².